The molecule has 0 spiro atoms. The number of rotatable bonds is 3. The molecular formula is C10H12F2N2O5. The Morgan fingerprint density at radius 2 is 2.16 bits per heavy atom. The van der Waals surface area contributed by atoms with Crippen LogP contribution < -0.4 is 11.2 Å². The van der Waals surface area contributed by atoms with E-state index in [-0.39, 0.29) is 5.56 Å². The van der Waals surface area contributed by atoms with Gasteiger partial charge in [-0.15, -0.1) is 0 Å². The number of halogens is 2. The van der Waals surface area contributed by atoms with Gasteiger partial charge in [-0.05, 0) is 0 Å². The van der Waals surface area contributed by atoms with Crippen LogP contribution in [0.25, 0.3) is 0 Å². The van der Waals surface area contributed by atoms with E-state index in [1.165, 1.54) is 0 Å². The van der Waals surface area contributed by atoms with Crippen molar-refractivity contribution in [2.45, 2.75) is 31.3 Å². The van der Waals surface area contributed by atoms with Crippen molar-refractivity contribution in [1.29, 1.82) is 0 Å². The summed E-state index contributed by atoms with van der Waals surface area (Å²) in [4.78, 5) is 24.5. The molecule has 4 atom stereocenters. The fourth-order valence-corrected chi connectivity index (χ4v) is 1.89. The van der Waals surface area contributed by atoms with Crippen molar-refractivity contribution in [3.05, 3.63) is 32.6 Å². The predicted molar refractivity (Wildman–Crippen MR) is 58.0 cm³/mol. The van der Waals surface area contributed by atoms with Crippen molar-refractivity contribution >= 4 is 0 Å². The Kier molecular flexibility index (Phi) is 3.78. The lowest BCUT2D eigenvalue weighted by atomic mass is 10.1. The Hall–Kier alpha value is -1.58. The zero-order chi connectivity index (χ0) is 14.2. The molecule has 1 aliphatic rings. The lowest BCUT2D eigenvalue weighted by Crippen LogP contribution is -2.37. The van der Waals surface area contributed by atoms with Crippen molar-refractivity contribution in [3.63, 3.8) is 0 Å². The second kappa shape index (κ2) is 5.19. The Bertz CT molecular complexity index is 572. The molecule has 19 heavy (non-hydrogen) atoms. The minimum atomic E-state index is -1.98. The SMILES string of the molecule is O=c1[nH]c(=O)n([C@@H]2O[C@H](CO)[C@@H](O)[C@@H]2F)cc1CF. The number of nitrogens with one attached hydrogen (secondary N) is 1. The van der Waals surface area contributed by atoms with E-state index in [1.807, 2.05) is 4.98 Å². The van der Waals surface area contributed by atoms with Crippen LogP contribution >= 0.6 is 0 Å². The average Bonchev–Trinajstić information content (AvgIpc) is 2.67. The van der Waals surface area contributed by atoms with E-state index < -0.39 is 49.1 Å². The number of hydrogen-bond donors (Lipinski definition) is 3. The summed E-state index contributed by atoms with van der Waals surface area (Å²) in [6, 6.07) is 0. The van der Waals surface area contributed by atoms with Crippen molar-refractivity contribution in [2.24, 2.45) is 0 Å². The number of aliphatic hydroxyl groups excluding tert-OH is 2. The number of nitrogens with zero attached hydrogens (tertiary/aromatic N) is 1. The largest absolute Gasteiger partial charge is 0.394 e. The first-order valence-electron chi connectivity index (χ1n) is 5.48. The van der Waals surface area contributed by atoms with Crippen LogP contribution in [-0.4, -0.2) is 44.8 Å². The Labute approximate surface area is 105 Å². The van der Waals surface area contributed by atoms with Crippen LogP contribution in [0.5, 0.6) is 0 Å². The van der Waals surface area contributed by atoms with Gasteiger partial charge >= 0.3 is 5.69 Å². The van der Waals surface area contributed by atoms with Gasteiger partial charge in [-0.2, -0.15) is 0 Å². The summed E-state index contributed by atoms with van der Waals surface area (Å²) in [5.74, 6) is 0. The van der Waals surface area contributed by atoms with E-state index in [2.05, 4.69) is 0 Å². The Morgan fingerprint density at radius 3 is 2.68 bits per heavy atom. The monoisotopic (exact) mass is 278 g/mol. The number of aromatic nitrogens is 2. The molecule has 1 aromatic rings. The lowest BCUT2D eigenvalue weighted by Gasteiger charge is -2.16. The van der Waals surface area contributed by atoms with Crippen LogP contribution in [0.2, 0.25) is 0 Å². The van der Waals surface area contributed by atoms with Gasteiger partial charge in [-0.1, -0.05) is 0 Å². The van der Waals surface area contributed by atoms with Crippen LogP contribution in [0.3, 0.4) is 0 Å². The van der Waals surface area contributed by atoms with Gasteiger partial charge < -0.3 is 14.9 Å². The quantitative estimate of drug-likeness (QED) is 0.630. The molecule has 1 aliphatic heterocycles. The second-order valence-corrected chi connectivity index (χ2v) is 4.14. The van der Waals surface area contributed by atoms with Gasteiger partial charge in [0, 0.05) is 6.20 Å². The first kappa shape index (κ1) is 13.8. The molecule has 1 saturated heterocycles. The molecule has 0 bridgehead atoms. The molecule has 2 heterocycles. The van der Waals surface area contributed by atoms with Crippen LogP contribution in [0.4, 0.5) is 8.78 Å². The van der Waals surface area contributed by atoms with Gasteiger partial charge in [-0.25, -0.2) is 13.6 Å². The van der Waals surface area contributed by atoms with Gasteiger partial charge in [0.2, 0.25) is 0 Å². The van der Waals surface area contributed by atoms with E-state index in [1.54, 1.807) is 0 Å². The first-order valence-corrected chi connectivity index (χ1v) is 5.48. The van der Waals surface area contributed by atoms with Crippen LogP contribution in [0, 0.1) is 0 Å². The highest BCUT2D eigenvalue weighted by Gasteiger charge is 2.45. The van der Waals surface area contributed by atoms with E-state index in [0.29, 0.717) is 4.57 Å². The minimum absolute atomic E-state index is 0.364. The molecule has 0 saturated carbocycles. The number of aliphatic hydroxyl groups is 2. The van der Waals surface area contributed by atoms with Gasteiger partial charge in [0.05, 0.1) is 12.2 Å². The summed E-state index contributed by atoms with van der Waals surface area (Å²) in [5, 5.41) is 18.3. The maximum atomic E-state index is 13.8. The Morgan fingerprint density at radius 1 is 1.47 bits per heavy atom. The number of hydrogen-bond acceptors (Lipinski definition) is 5. The second-order valence-electron chi connectivity index (χ2n) is 4.14. The summed E-state index contributed by atoms with van der Waals surface area (Å²) in [6.07, 6.45) is -5.46. The zero-order valence-corrected chi connectivity index (χ0v) is 9.62. The average molecular weight is 278 g/mol. The summed E-state index contributed by atoms with van der Waals surface area (Å²) >= 11 is 0. The van der Waals surface area contributed by atoms with Gasteiger partial charge in [-0.3, -0.25) is 14.3 Å². The summed E-state index contributed by atoms with van der Waals surface area (Å²) in [7, 11) is 0. The molecular weight excluding hydrogens is 266 g/mol. The van der Waals surface area contributed by atoms with Crippen molar-refractivity contribution in [3.8, 4) is 0 Å². The highest BCUT2D eigenvalue weighted by atomic mass is 19.1. The number of ether oxygens (including phenoxy) is 1. The molecule has 0 aliphatic carbocycles. The number of alkyl halides is 2. The van der Waals surface area contributed by atoms with Crippen molar-refractivity contribution in [1.82, 2.24) is 9.55 Å². The summed E-state index contributed by atoms with van der Waals surface area (Å²) in [6.45, 7) is -1.77. The van der Waals surface area contributed by atoms with Gasteiger partial charge in [0.15, 0.2) is 12.4 Å². The zero-order valence-electron chi connectivity index (χ0n) is 9.62. The third-order valence-corrected chi connectivity index (χ3v) is 2.93. The van der Waals surface area contributed by atoms with Gasteiger partial charge in [0.25, 0.3) is 5.56 Å². The van der Waals surface area contributed by atoms with Crippen LogP contribution in [-0.2, 0) is 11.4 Å². The molecule has 9 heteroatoms. The van der Waals surface area contributed by atoms with Gasteiger partial charge in [0.1, 0.15) is 18.9 Å². The maximum Gasteiger partial charge on any atom is 0.330 e. The number of H-pyrrole nitrogens is 1. The molecule has 0 aromatic carbocycles. The molecule has 1 aromatic heterocycles. The van der Waals surface area contributed by atoms with E-state index in [0.717, 1.165) is 6.20 Å². The molecule has 0 amide bonds. The maximum absolute atomic E-state index is 13.8. The fourth-order valence-electron chi connectivity index (χ4n) is 1.89. The molecule has 1 fully saturated rings. The first-order chi connectivity index (χ1) is 8.99. The highest BCUT2D eigenvalue weighted by molar-refractivity contribution is 5.04. The molecule has 106 valence electrons. The topological polar surface area (TPSA) is 105 Å². The third-order valence-electron chi connectivity index (χ3n) is 2.93. The van der Waals surface area contributed by atoms with Crippen LogP contribution in [0.15, 0.2) is 15.8 Å². The molecule has 3 N–H and O–H groups in total. The normalized spacial score (nSPS) is 30.7. The molecule has 0 unspecified atom stereocenters. The molecule has 7 nitrogen and oxygen atoms in total. The fraction of sp³-hybridized carbons (Fsp3) is 0.600. The van der Waals surface area contributed by atoms with E-state index in [4.69, 9.17) is 9.84 Å². The molecule has 2 rings (SSSR count). The minimum Gasteiger partial charge on any atom is -0.394 e. The third kappa shape index (κ3) is 2.31. The van der Waals surface area contributed by atoms with Crippen LogP contribution in [0.1, 0.15) is 11.8 Å². The highest BCUT2D eigenvalue weighted by Crippen LogP contribution is 2.30. The van der Waals surface area contributed by atoms with E-state index in [9.17, 15) is 23.5 Å². The van der Waals surface area contributed by atoms with E-state index >= 15 is 0 Å². The summed E-state index contributed by atoms with van der Waals surface area (Å²) < 4.78 is 32.0. The standard InChI is InChI=1S/C10H12F2N2O5/c11-1-4-2-14(10(18)13-8(4)17)9-6(12)7(16)5(3-15)19-9/h2,5-7,9,15-16H,1,3H2,(H,13,17,18)/t5-,6+,7-,9-/m1/s1. The smallest absolute Gasteiger partial charge is 0.330 e. The van der Waals surface area contributed by atoms with Crippen molar-refractivity contribution < 1.29 is 23.7 Å². The Balaban J connectivity index is 2.43. The summed E-state index contributed by atoms with van der Waals surface area (Å²) in [5.41, 5.74) is -2.26. The lowest BCUT2D eigenvalue weighted by molar-refractivity contribution is -0.0492. The molecule has 0 radical (unpaired) electrons. The number of aromatic amines is 1. The van der Waals surface area contributed by atoms with Crippen molar-refractivity contribution in [2.75, 3.05) is 6.61 Å². The predicted octanol–water partition coefficient (Wildman–Crippen LogP) is -1.41.